The van der Waals surface area contributed by atoms with Gasteiger partial charge in [0.25, 0.3) is 5.91 Å². The van der Waals surface area contributed by atoms with E-state index in [0.717, 1.165) is 0 Å². The number of aromatic nitrogens is 2. The van der Waals surface area contributed by atoms with Crippen molar-refractivity contribution in [1.82, 2.24) is 20.2 Å². The van der Waals surface area contributed by atoms with Gasteiger partial charge in [0.15, 0.2) is 0 Å². The van der Waals surface area contributed by atoms with Gasteiger partial charge in [-0.05, 0) is 32.6 Å². The molecule has 2 rings (SSSR count). The zero-order chi connectivity index (χ0) is 17.7. The molecule has 128 valence electrons. The molecule has 0 aliphatic carbocycles. The van der Waals surface area contributed by atoms with E-state index in [1.165, 1.54) is 30.7 Å². The summed E-state index contributed by atoms with van der Waals surface area (Å²) in [5.74, 6) is -1.64. The first-order valence-corrected chi connectivity index (χ1v) is 7.63. The van der Waals surface area contributed by atoms with Crippen LogP contribution < -0.4 is 5.32 Å². The fourth-order valence-corrected chi connectivity index (χ4v) is 2.48. The lowest BCUT2D eigenvalue weighted by Crippen LogP contribution is -2.36. The quantitative estimate of drug-likeness (QED) is 0.881. The summed E-state index contributed by atoms with van der Waals surface area (Å²) in [7, 11) is 3.40. The standard InChI is InChI=1S/C17H20F2N4O/c1-4-14-11(8-20-10-22-14)17(24)21-9-15(23(2)3)16-12(18)6-5-7-13(16)19/h5-8,10,15H,4,9H2,1-3H3,(H,21,24). The largest absolute Gasteiger partial charge is 0.350 e. The number of aryl methyl sites for hydroxylation is 1. The van der Waals surface area contributed by atoms with Crippen LogP contribution in [0.5, 0.6) is 0 Å². The maximum atomic E-state index is 14.0. The second-order valence-electron chi connectivity index (χ2n) is 5.56. The van der Waals surface area contributed by atoms with Crippen LogP contribution in [0, 0.1) is 11.6 Å². The minimum Gasteiger partial charge on any atom is -0.350 e. The predicted molar refractivity (Wildman–Crippen MR) is 86.5 cm³/mol. The predicted octanol–water partition coefficient (Wildman–Crippen LogP) is 2.35. The lowest BCUT2D eigenvalue weighted by atomic mass is 10.0. The van der Waals surface area contributed by atoms with E-state index < -0.39 is 17.7 Å². The minimum atomic E-state index is -0.639. The highest BCUT2D eigenvalue weighted by Crippen LogP contribution is 2.24. The van der Waals surface area contributed by atoms with Gasteiger partial charge in [0, 0.05) is 18.3 Å². The van der Waals surface area contributed by atoms with E-state index in [1.807, 2.05) is 6.92 Å². The van der Waals surface area contributed by atoms with Crippen LogP contribution in [0.25, 0.3) is 0 Å². The zero-order valence-electron chi connectivity index (χ0n) is 13.9. The summed E-state index contributed by atoms with van der Waals surface area (Å²) < 4.78 is 28.1. The molecular formula is C17H20F2N4O. The van der Waals surface area contributed by atoms with E-state index in [1.54, 1.807) is 19.0 Å². The van der Waals surface area contributed by atoms with Crippen molar-refractivity contribution in [2.75, 3.05) is 20.6 Å². The van der Waals surface area contributed by atoms with Crippen LogP contribution in [-0.2, 0) is 6.42 Å². The average molecular weight is 334 g/mol. The maximum absolute atomic E-state index is 14.0. The highest BCUT2D eigenvalue weighted by atomic mass is 19.1. The van der Waals surface area contributed by atoms with Crippen molar-refractivity contribution in [3.63, 3.8) is 0 Å². The Balaban J connectivity index is 2.19. The van der Waals surface area contributed by atoms with Gasteiger partial charge in [0.05, 0.1) is 17.3 Å². The van der Waals surface area contributed by atoms with Crippen molar-refractivity contribution in [2.24, 2.45) is 0 Å². The molecule has 7 heteroatoms. The van der Waals surface area contributed by atoms with Crippen molar-refractivity contribution < 1.29 is 13.6 Å². The van der Waals surface area contributed by atoms with Crippen molar-refractivity contribution in [1.29, 1.82) is 0 Å². The molecule has 0 aliphatic heterocycles. The molecule has 0 aliphatic rings. The van der Waals surface area contributed by atoms with Gasteiger partial charge in [-0.25, -0.2) is 18.7 Å². The van der Waals surface area contributed by atoms with Crippen LogP contribution in [0.3, 0.4) is 0 Å². The smallest absolute Gasteiger partial charge is 0.254 e. The molecule has 1 unspecified atom stereocenters. The number of amides is 1. The van der Waals surface area contributed by atoms with Gasteiger partial charge < -0.3 is 10.2 Å². The molecule has 5 nitrogen and oxygen atoms in total. The van der Waals surface area contributed by atoms with Crippen LogP contribution in [0.2, 0.25) is 0 Å². The Morgan fingerprint density at radius 3 is 2.54 bits per heavy atom. The third-order valence-electron chi connectivity index (χ3n) is 3.79. The number of halogens is 2. The number of benzene rings is 1. The monoisotopic (exact) mass is 334 g/mol. The fraction of sp³-hybridized carbons (Fsp3) is 0.353. The molecule has 0 fully saturated rings. The molecule has 0 radical (unpaired) electrons. The second kappa shape index (κ2) is 7.92. The van der Waals surface area contributed by atoms with Crippen LogP contribution in [-0.4, -0.2) is 41.4 Å². The number of carbonyl (C=O) groups excluding carboxylic acids is 1. The molecule has 0 saturated heterocycles. The van der Waals surface area contributed by atoms with Crippen molar-refractivity contribution in [3.05, 3.63) is 59.2 Å². The summed E-state index contributed by atoms with van der Waals surface area (Å²) in [5.41, 5.74) is 0.926. The number of rotatable bonds is 6. The molecular weight excluding hydrogens is 314 g/mol. The normalized spacial score (nSPS) is 12.2. The first-order chi connectivity index (χ1) is 11.5. The minimum absolute atomic E-state index is 0.0573. The van der Waals surface area contributed by atoms with Gasteiger partial charge in [0.2, 0.25) is 0 Å². The molecule has 1 N–H and O–H groups in total. The summed E-state index contributed by atoms with van der Waals surface area (Å²) in [5, 5.41) is 2.71. The first-order valence-electron chi connectivity index (χ1n) is 7.63. The highest BCUT2D eigenvalue weighted by Gasteiger charge is 2.23. The topological polar surface area (TPSA) is 58.1 Å². The molecule has 1 amide bonds. The number of hydrogen-bond donors (Lipinski definition) is 1. The third-order valence-corrected chi connectivity index (χ3v) is 3.79. The lowest BCUT2D eigenvalue weighted by molar-refractivity contribution is 0.0939. The first kappa shape index (κ1) is 17.9. The molecule has 1 aromatic carbocycles. The van der Waals surface area contributed by atoms with Crippen molar-refractivity contribution >= 4 is 5.91 Å². The number of hydrogen-bond acceptors (Lipinski definition) is 4. The lowest BCUT2D eigenvalue weighted by Gasteiger charge is -2.26. The van der Waals surface area contributed by atoms with Gasteiger partial charge in [-0.2, -0.15) is 0 Å². The Bertz CT molecular complexity index is 701. The van der Waals surface area contributed by atoms with Gasteiger partial charge in [-0.3, -0.25) is 4.79 Å². The average Bonchev–Trinajstić information content (AvgIpc) is 2.56. The molecule has 0 bridgehead atoms. The van der Waals surface area contributed by atoms with E-state index in [9.17, 15) is 13.6 Å². The van der Waals surface area contributed by atoms with Gasteiger partial charge in [-0.1, -0.05) is 13.0 Å². The second-order valence-corrected chi connectivity index (χ2v) is 5.56. The van der Waals surface area contributed by atoms with Gasteiger partial charge >= 0.3 is 0 Å². The maximum Gasteiger partial charge on any atom is 0.254 e. The molecule has 1 aromatic heterocycles. The summed E-state index contributed by atoms with van der Waals surface area (Å²) in [4.78, 5) is 21.9. The Hall–Kier alpha value is -2.41. The van der Waals surface area contributed by atoms with Crippen LogP contribution >= 0.6 is 0 Å². The molecule has 24 heavy (non-hydrogen) atoms. The van der Waals surface area contributed by atoms with E-state index in [2.05, 4.69) is 15.3 Å². The van der Waals surface area contributed by atoms with E-state index >= 15 is 0 Å². The summed E-state index contributed by atoms with van der Waals surface area (Å²) in [6, 6.07) is 3.09. The Morgan fingerprint density at radius 2 is 1.96 bits per heavy atom. The highest BCUT2D eigenvalue weighted by molar-refractivity contribution is 5.94. The van der Waals surface area contributed by atoms with Crippen LogP contribution in [0.1, 0.15) is 34.6 Å². The fourth-order valence-electron chi connectivity index (χ4n) is 2.48. The van der Waals surface area contributed by atoms with E-state index in [4.69, 9.17) is 0 Å². The van der Waals surface area contributed by atoms with Crippen LogP contribution in [0.4, 0.5) is 8.78 Å². The number of carbonyl (C=O) groups is 1. The van der Waals surface area contributed by atoms with Crippen molar-refractivity contribution in [2.45, 2.75) is 19.4 Å². The van der Waals surface area contributed by atoms with Crippen molar-refractivity contribution in [3.8, 4) is 0 Å². The molecule has 0 saturated carbocycles. The Morgan fingerprint density at radius 1 is 1.29 bits per heavy atom. The molecule has 2 aromatic rings. The molecule has 0 spiro atoms. The number of likely N-dealkylation sites (N-methyl/N-ethyl adjacent to an activating group) is 1. The number of nitrogens with one attached hydrogen (secondary N) is 1. The van der Waals surface area contributed by atoms with Crippen LogP contribution in [0.15, 0.2) is 30.7 Å². The molecule has 1 atom stereocenters. The molecule has 1 heterocycles. The van der Waals surface area contributed by atoms with Gasteiger partial charge in [-0.15, -0.1) is 0 Å². The number of nitrogens with zero attached hydrogens (tertiary/aromatic N) is 3. The Labute approximate surface area is 139 Å². The van der Waals surface area contributed by atoms with Gasteiger partial charge in [0.1, 0.15) is 18.0 Å². The summed E-state index contributed by atoms with van der Waals surface area (Å²) >= 11 is 0. The zero-order valence-corrected chi connectivity index (χ0v) is 13.9. The summed E-state index contributed by atoms with van der Waals surface area (Å²) in [6.45, 7) is 1.94. The Kier molecular flexibility index (Phi) is 5.92. The van der Waals surface area contributed by atoms with E-state index in [-0.39, 0.29) is 18.0 Å². The van der Waals surface area contributed by atoms with E-state index in [0.29, 0.717) is 17.7 Å². The summed E-state index contributed by atoms with van der Waals surface area (Å²) in [6.07, 6.45) is 3.41. The SMILES string of the molecule is CCc1ncncc1C(=O)NCC(c1c(F)cccc1F)N(C)C. The third kappa shape index (κ3) is 3.91.